The SMILES string of the molecule is CCc1cc(Cl)nc(NCCOCCO)n1. The predicted octanol–water partition coefficient (Wildman–Crippen LogP) is 1.11. The lowest BCUT2D eigenvalue weighted by Crippen LogP contribution is -2.13. The Morgan fingerprint density at radius 1 is 1.44 bits per heavy atom. The molecule has 0 aliphatic rings. The maximum atomic E-state index is 8.50. The Morgan fingerprint density at radius 2 is 2.25 bits per heavy atom. The summed E-state index contributed by atoms with van der Waals surface area (Å²) in [7, 11) is 0. The van der Waals surface area contributed by atoms with Crippen LogP contribution in [0.5, 0.6) is 0 Å². The van der Waals surface area contributed by atoms with Crippen LogP contribution in [0, 0.1) is 0 Å². The molecular formula is C10H16ClN3O2. The molecule has 0 amide bonds. The molecule has 0 spiro atoms. The van der Waals surface area contributed by atoms with E-state index in [-0.39, 0.29) is 6.61 Å². The number of nitrogens with zero attached hydrogens (tertiary/aromatic N) is 2. The molecule has 1 rings (SSSR count). The Kier molecular flexibility index (Phi) is 6.07. The van der Waals surface area contributed by atoms with Crippen molar-refractivity contribution in [3.8, 4) is 0 Å². The highest BCUT2D eigenvalue weighted by Gasteiger charge is 2.01. The Hall–Kier alpha value is -0.910. The van der Waals surface area contributed by atoms with Crippen LogP contribution in [0.4, 0.5) is 5.95 Å². The molecule has 2 N–H and O–H groups in total. The number of hydrogen-bond acceptors (Lipinski definition) is 5. The van der Waals surface area contributed by atoms with Crippen LogP contribution in [-0.4, -0.2) is 41.4 Å². The number of rotatable bonds is 7. The molecule has 1 aromatic rings. The number of aryl methyl sites for hydroxylation is 1. The molecule has 1 aromatic heterocycles. The Morgan fingerprint density at radius 3 is 2.94 bits per heavy atom. The van der Waals surface area contributed by atoms with Gasteiger partial charge in [0, 0.05) is 12.2 Å². The molecule has 90 valence electrons. The highest BCUT2D eigenvalue weighted by atomic mass is 35.5. The van der Waals surface area contributed by atoms with Crippen LogP contribution in [0.25, 0.3) is 0 Å². The van der Waals surface area contributed by atoms with E-state index < -0.39 is 0 Å². The van der Waals surface area contributed by atoms with Gasteiger partial charge in [-0.2, -0.15) is 0 Å². The minimum absolute atomic E-state index is 0.0354. The van der Waals surface area contributed by atoms with Crippen molar-refractivity contribution in [3.63, 3.8) is 0 Å². The molecule has 0 atom stereocenters. The maximum absolute atomic E-state index is 8.50. The highest BCUT2D eigenvalue weighted by molar-refractivity contribution is 6.29. The topological polar surface area (TPSA) is 67.3 Å². The summed E-state index contributed by atoms with van der Waals surface area (Å²) < 4.78 is 5.09. The second kappa shape index (κ2) is 7.38. The summed E-state index contributed by atoms with van der Waals surface area (Å²) in [4.78, 5) is 8.30. The van der Waals surface area contributed by atoms with E-state index in [0.29, 0.717) is 30.9 Å². The van der Waals surface area contributed by atoms with Gasteiger partial charge in [0.15, 0.2) is 0 Å². The van der Waals surface area contributed by atoms with Gasteiger partial charge in [-0.15, -0.1) is 0 Å². The van der Waals surface area contributed by atoms with Gasteiger partial charge in [0.05, 0.1) is 19.8 Å². The first-order valence-corrected chi connectivity index (χ1v) is 5.60. The Balaban J connectivity index is 2.38. The summed E-state index contributed by atoms with van der Waals surface area (Å²) in [6.07, 6.45) is 0.817. The molecule has 0 saturated carbocycles. The fraction of sp³-hybridized carbons (Fsp3) is 0.600. The largest absolute Gasteiger partial charge is 0.394 e. The van der Waals surface area contributed by atoms with E-state index in [1.807, 2.05) is 6.92 Å². The van der Waals surface area contributed by atoms with Gasteiger partial charge in [0.1, 0.15) is 5.15 Å². The predicted molar refractivity (Wildman–Crippen MR) is 62.8 cm³/mol. The molecule has 0 aliphatic heterocycles. The van der Waals surface area contributed by atoms with E-state index in [0.717, 1.165) is 12.1 Å². The number of hydrogen-bond donors (Lipinski definition) is 2. The molecule has 6 heteroatoms. The van der Waals surface area contributed by atoms with Gasteiger partial charge < -0.3 is 15.2 Å². The van der Waals surface area contributed by atoms with Crippen molar-refractivity contribution in [1.82, 2.24) is 9.97 Å². The first kappa shape index (κ1) is 13.2. The average Bonchev–Trinajstić information content (AvgIpc) is 2.28. The molecule has 1 heterocycles. The van der Waals surface area contributed by atoms with Gasteiger partial charge in [0.2, 0.25) is 5.95 Å². The van der Waals surface area contributed by atoms with Crippen molar-refractivity contribution in [3.05, 3.63) is 16.9 Å². The maximum Gasteiger partial charge on any atom is 0.224 e. The summed E-state index contributed by atoms with van der Waals surface area (Å²) in [5.41, 5.74) is 0.902. The summed E-state index contributed by atoms with van der Waals surface area (Å²) in [5, 5.41) is 11.9. The molecule has 0 unspecified atom stereocenters. The summed E-state index contributed by atoms with van der Waals surface area (Å²) >= 11 is 5.84. The number of aromatic nitrogens is 2. The van der Waals surface area contributed by atoms with Crippen LogP contribution < -0.4 is 5.32 Å². The standard InChI is InChI=1S/C10H16ClN3O2/c1-2-8-7-9(11)14-10(13-8)12-3-5-16-6-4-15/h7,15H,2-6H2,1H3,(H,12,13,14). The third-order valence-electron chi connectivity index (χ3n) is 1.88. The fourth-order valence-electron chi connectivity index (χ4n) is 1.13. The summed E-state index contributed by atoms with van der Waals surface area (Å²) in [6, 6.07) is 1.75. The lowest BCUT2D eigenvalue weighted by Gasteiger charge is -2.06. The molecule has 0 aromatic carbocycles. The Bertz CT molecular complexity index is 323. The summed E-state index contributed by atoms with van der Waals surface area (Å²) in [5.74, 6) is 0.511. The monoisotopic (exact) mass is 245 g/mol. The van der Waals surface area contributed by atoms with Crippen LogP contribution in [0.2, 0.25) is 5.15 Å². The van der Waals surface area contributed by atoms with Gasteiger partial charge in [-0.3, -0.25) is 0 Å². The zero-order chi connectivity index (χ0) is 11.8. The van der Waals surface area contributed by atoms with Crippen LogP contribution in [-0.2, 0) is 11.2 Å². The molecule has 0 saturated heterocycles. The molecule has 0 aliphatic carbocycles. The van der Waals surface area contributed by atoms with Gasteiger partial charge in [-0.25, -0.2) is 9.97 Å². The van der Waals surface area contributed by atoms with Crippen LogP contribution in [0.1, 0.15) is 12.6 Å². The number of halogens is 1. The van der Waals surface area contributed by atoms with Crippen molar-refractivity contribution in [1.29, 1.82) is 0 Å². The van der Waals surface area contributed by atoms with E-state index in [1.54, 1.807) is 6.07 Å². The van der Waals surface area contributed by atoms with Crippen LogP contribution in [0.15, 0.2) is 6.07 Å². The minimum Gasteiger partial charge on any atom is -0.394 e. The van der Waals surface area contributed by atoms with Crippen molar-refractivity contribution in [2.75, 3.05) is 31.7 Å². The number of aliphatic hydroxyl groups excluding tert-OH is 1. The number of aliphatic hydroxyl groups is 1. The third-order valence-corrected chi connectivity index (χ3v) is 2.07. The molecule has 5 nitrogen and oxygen atoms in total. The highest BCUT2D eigenvalue weighted by Crippen LogP contribution is 2.10. The van der Waals surface area contributed by atoms with Crippen molar-refractivity contribution in [2.45, 2.75) is 13.3 Å². The molecule has 0 fully saturated rings. The van der Waals surface area contributed by atoms with Crippen LogP contribution >= 0.6 is 11.6 Å². The number of nitrogens with one attached hydrogen (secondary N) is 1. The number of anilines is 1. The van der Waals surface area contributed by atoms with E-state index in [4.69, 9.17) is 21.4 Å². The smallest absolute Gasteiger partial charge is 0.224 e. The molecular weight excluding hydrogens is 230 g/mol. The van der Waals surface area contributed by atoms with E-state index in [9.17, 15) is 0 Å². The minimum atomic E-state index is 0.0354. The first-order valence-electron chi connectivity index (χ1n) is 5.22. The fourth-order valence-corrected chi connectivity index (χ4v) is 1.33. The van der Waals surface area contributed by atoms with Gasteiger partial charge in [-0.05, 0) is 12.5 Å². The lowest BCUT2D eigenvalue weighted by molar-refractivity contribution is 0.0991. The summed E-state index contributed by atoms with van der Waals surface area (Å²) in [6.45, 7) is 3.47. The molecule has 0 bridgehead atoms. The first-order chi connectivity index (χ1) is 7.76. The third kappa shape index (κ3) is 4.74. The zero-order valence-electron chi connectivity index (χ0n) is 9.24. The van der Waals surface area contributed by atoms with E-state index in [2.05, 4.69) is 15.3 Å². The number of ether oxygens (including phenoxy) is 1. The van der Waals surface area contributed by atoms with Gasteiger partial charge in [-0.1, -0.05) is 18.5 Å². The van der Waals surface area contributed by atoms with Crippen molar-refractivity contribution in [2.24, 2.45) is 0 Å². The van der Waals surface area contributed by atoms with Crippen molar-refractivity contribution < 1.29 is 9.84 Å². The molecule has 0 radical (unpaired) electrons. The molecule has 16 heavy (non-hydrogen) atoms. The normalized spacial score (nSPS) is 10.4. The average molecular weight is 246 g/mol. The van der Waals surface area contributed by atoms with Crippen molar-refractivity contribution >= 4 is 17.5 Å². The van der Waals surface area contributed by atoms with E-state index in [1.165, 1.54) is 0 Å². The Labute approximate surface area is 99.8 Å². The zero-order valence-corrected chi connectivity index (χ0v) is 10.00. The van der Waals surface area contributed by atoms with Gasteiger partial charge in [0.25, 0.3) is 0 Å². The second-order valence-electron chi connectivity index (χ2n) is 3.12. The van der Waals surface area contributed by atoms with E-state index >= 15 is 0 Å². The lowest BCUT2D eigenvalue weighted by atomic mass is 10.3. The van der Waals surface area contributed by atoms with Crippen LogP contribution in [0.3, 0.4) is 0 Å². The quantitative estimate of drug-likeness (QED) is 0.557. The second-order valence-corrected chi connectivity index (χ2v) is 3.51. The van der Waals surface area contributed by atoms with Gasteiger partial charge >= 0.3 is 0 Å².